The number of oxazole rings is 1. The van der Waals surface area contributed by atoms with Gasteiger partial charge in [0.25, 0.3) is 0 Å². The molecule has 2 amide bonds. The Bertz CT molecular complexity index is 1020. The Balaban J connectivity index is 1.50. The molecular formula is C17H15N3O5. The van der Waals surface area contributed by atoms with Gasteiger partial charge in [0.1, 0.15) is 0 Å². The highest BCUT2D eigenvalue weighted by Crippen LogP contribution is 2.34. The summed E-state index contributed by atoms with van der Waals surface area (Å²) < 4.78 is 17.2. The number of aromatic nitrogens is 1. The normalized spacial score (nSPS) is 12.4. The van der Waals surface area contributed by atoms with Crippen LogP contribution in [0.2, 0.25) is 0 Å². The highest BCUT2D eigenvalue weighted by molar-refractivity contribution is 6.00. The molecule has 0 unspecified atom stereocenters. The van der Waals surface area contributed by atoms with Crippen molar-refractivity contribution in [1.82, 2.24) is 4.57 Å². The summed E-state index contributed by atoms with van der Waals surface area (Å²) in [6.45, 7) is 2.55. The van der Waals surface area contributed by atoms with E-state index < -0.39 is 11.8 Å². The molecule has 1 aliphatic rings. The number of urea groups is 1. The lowest BCUT2D eigenvalue weighted by Crippen LogP contribution is -2.19. The van der Waals surface area contributed by atoms with Crippen LogP contribution in [0.5, 0.6) is 11.5 Å². The standard InChI is InChI=1S/C17H15N3O5/c1-2-20-12-5-3-10(7-14(12)25-17(20)22)18-16(21)19-11-4-6-13-15(8-11)24-9-23-13/h3-8H,2,9H2,1H3,(H2,18,19,21). The van der Waals surface area contributed by atoms with Crippen molar-refractivity contribution >= 4 is 28.5 Å². The fourth-order valence-electron chi connectivity index (χ4n) is 2.71. The summed E-state index contributed by atoms with van der Waals surface area (Å²) in [5.74, 6) is 0.813. The van der Waals surface area contributed by atoms with Gasteiger partial charge >= 0.3 is 11.8 Å². The molecule has 1 aliphatic heterocycles. The molecule has 0 radical (unpaired) electrons. The molecule has 0 atom stereocenters. The number of aryl methyl sites for hydroxylation is 1. The predicted octanol–water partition coefficient (Wildman–Crippen LogP) is 2.99. The predicted molar refractivity (Wildman–Crippen MR) is 91.4 cm³/mol. The number of rotatable bonds is 3. The molecule has 0 aliphatic carbocycles. The Kier molecular flexibility index (Phi) is 3.57. The highest BCUT2D eigenvalue weighted by atomic mass is 16.7. The molecule has 2 N–H and O–H groups in total. The summed E-state index contributed by atoms with van der Waals surface area (Å²) in [5, 5.41) is 5.42. The number of carbonyl (C=O) groups is 1. The Morgan fingerprint density at radius 3 is 2.60 bits per heavy atom. The number of fused-ring (bicyclic) bond motifs is 2. The molecule has 2 aromatic carbocycles. The van der Waals surface area contributed by atoms with Gasteiger partial charge in [-0.25, -0.2) is 9.59 Å². The third-order valence-electron chi connectivity index (χ3n) is 3.87. The maximum Gasteiger partial charge on any atom is 0.419 e. The van der Waals surface area contributed by atoms with Gasteiger partial charge in [-0.3, -0.25) is 4.57 Å². The molecule has 0 bridgehead atoms. The van der Waals surface area contributed by atoms with Gasteiger partial charge in [-0.1, -0.05) is 0 Å². The zero-order valence-electron chi connectivity index (χ0n) is 13.4. The third kappa shape index (κ3) is 2.78. The number of hydrogen-bond acceptors (Lipinski definition) is 5. The number of benzene rings is 2. The topological polar surface area (TPSA) is 94.7 Å². The first kappa shape index (κ1) is 15.1. The van der Waals surface area contributed by atoms with Crippen molar-refractivity contribution in [3.8, 4) is 11.5 Å². The van der Waals surface area contributed by atoms with Crippen molar-refractivity contribution in [2.24, 2.45) is 0 Å². The van der Waals surface area contributed by atoms with Crippen molar-refractivity contribution in [3.05, 3.63) is 46.9 Å². The Hall–Kier alpha value is -3.42. The van der Waals surface area contributed by atoms with Crippen LogP contribution in [-0.2, 0) is 6.54 Å². The molecule has 4 rings (SSSR count). The van der Waals surface area contributed by atoms with Gasteiger partial charge in [0.05, 0.1) is 5.52 Å². The lowest BCUT2D eigenvalue weighted by atomic mass is 10.2. The van der Waals surface area contributed by atoms with E-state index in [9.17, 15) is 9.59 Å². The van der Waals surface area contributed by atoms with Crippen LogP contribution in [0.25, 0.3) is 11.1 Å². The van der Waals surface area contributed by atoms with E-state index in [1.165, 1.54) is 4.57 Å². The van der Waals surface area contributed by atoms with Gasteiger partial charge in [0.15, 0.2) is 17.1 Å². The zero-order chi connectivity index (χ0) is 17.4. The quantitative estimate of drug-likeness (QED) is 0.764. The summed E-state index contributed by atoms with van der Waals surface area (Å²) in [6.07, 6.45) is 0. The second kappa shape index (κ2) is 5.90. The molecule has 3 aromatic rings. The van der Waals surface area contributed by atoms with Gasteiger partial charge in [-0.15, -0.1) is 0 Å². The minimum absolute atomic E-state index is 0.174. The number of amides is 2. The van der Waals surface area contributed by atoms with Crippen LogP contribution in [-0.4, -0.2) is 17.4 Å². The van der Waals surface area contributed by atoms with Gasteiger partial charge in [-0.05, 0) is 31.2 Å². The van der Waals surface area contributed by atoms with E-state index in [-0.39, 0.29) is 6.79 Å². The number of ether oxygens (including phenoxy) is 2. The van der Waals surface area contributed by atoms with E-state index in [1.807, 2.05) is 6.92 Å². The summed E-state index contributed by atoms with van der Waals surface area (Å²) in [5.41, 5.74) is 2.20. The molecule has 128 valence electrons. The number of nitrogens with zero attached hydrogens (tertiary/aromatic N) is 1. The Morgan fingerprint density at radius 2 is 1.80 bits per heavy atom. The van der Waals surface area contributed by atoms with E-state index in [2.05, 4.69) is 10.6 Å². The molecule has 0 fully saturated rings. The van der Waals surface area contributed by atoms with Gasteiger partial charge in [0, 0.05) is 30.1 Å². The number of hydrogen-bond donors (Lipinski definition) is 2. The summed E-state index contributed by atoms with van der Waals surface area (Å²) >= 11 is 0. The fourth-order valence-corrected chi connectivity index (χ4v) is 2.71. The maximum atomic E-state index is 12.2. The average Bonchev–Trinajstić information content (AvgIpc) is 3.16. The van der Waals surface area contributed by atoms with Crippen LogP contribution in [0.3, 0.4) is 0 Å². The Morgan fingerprint density at radius 1 is 1.08 bits per heavy atom. The molecule has 1 aromatic heterocycles. The van der Waals surface area contributed by atoms with Crippen LogP contribution in [0.4, 0.5) is 16.2 Å². The SMILES string of the molecule is CCn1c(=O)oc2cc(NC(=O)Nc3ccc4c(c3)OCO4)ccc21. The smallest absolute Gasteiger partial charge is 0.419 e. The Labute approximate surface area is 141 Å². The minimum Gasteiger partial charge on any atom is -0.454 e. The largest absolute Gasteiger partial charge is 0.454 e. The van der Waals surface area contributed by atoms with Crippen LogP contribution in [0.15, 0.2) is 45.6 Å². The van der Waals surface area contributed by atoms with Crippen LogP contribution in [0, 0.1) is 0 Å². The summed E-state index contributed by atoms with van der Waals surface area (Å²) in [4.78, 5) is 23.9. The van der Waals surface area contributed by atoms with E-state index in [1.54, 1.807) is 36.4 Å². The molecule has 8 nitrogen and oxygen atoms in total. The van der Waals surface area contributed by atoms with E-state index in [4.69, 9.17) is 13.9 Å². The fraction of sp³-hybridized carbons (Fsp3) is 0.176. The first-order valence-corrected chi connectivity index (χ1v) is 7.75. The van der Waals surface area contributed by atoms with Crippen LogP contribution >= 0.6 is 0 Å². The van der Waals surface area contributed by atoms with Gasteiger partial charge in [-0.2, -0.15) is 0 Å². The summed E-state index contributed by atoms with van der Waals surface area (Å²) in [7, 11) is 0. The van der Waals surface area contributed by atoms with Crippen molar-refractivity contribution in [2.75, 3.05) is 17.4 Å². The molecular weight excluding hydrogens is 326 g/mol. The van der Waals surface area contributed by atoms with Crippen molar-refractivity contribution < 1.29 is 18.7 Å². The van der Waals surface area contributed by atoms with E-state index in [0.717, 1.165) is 0 Å². The number of carbonyl (C=O) groups excluding carboxylic acids is 1. The zero-order valence-corrected chi connectivity index (χ0v) is 13.4. The monoisotopic (exact) mass is 341 g/mol. The molecule has 25 heavy (non-hydrogen) atoms. The van der Waals surface area contributed by atoms with E-state index >= 15 is 0 Å². The van der Waals surface area contributed by atoms with Gasteiger partial charge in [0.2, 0.25) is 6.79 Å². The maximum absolute atomic E-state index is 12.2. The average molecular weight is 341 g/mol. The highest BCUT2D eigenvalue weighted by Gasteiger charge is 2.14. The number of nitrogens with one attached hydrogen (secondary N) is 2. The molecule has 0 spiro atoms. The number of anilines is 2. The molecule has 8 heteroatoms. The minimum atomic E-state index is -0.421. The third-order valence-corrected chi connectivity index (χ3v) is 3.87. The second-order valence-corrected chi connectivity index (χ2v) is 5.44. The lowest BCUT2D eigenvalue weighted by Gasteiger charge is -2.08. The first-order valence-electron chi connectivity index (χ1n) is 7.75. The van der Waals surface area contributed by atoms with Crippen LogP contribution in [0.1, 0.15) is 6.92 Å². The van der Waals surface area contributed by atoms with E-state index in [0.29, 0.717) is 40.5 Å². The van der Waals surface area contributed by atoms with Crippen molar-refractivity contribution in [1.29, 1.82) is 0 Å². The van der Waals surface area contributed by atoms with Gasteiger partial charge < -0.3 is 24.5 Å². The van der Waals surface area contributed by atoms with Crippen molar-refractivity contribution in [2.45, 2.75) is 13.5 Å². The molecule has 2 heterocycles. The molecule has 0 saturated carbocycles. The molecule has 0 saturated heterocycles. The van der Waals surface area contributed by atoms with Crippen molar-refractivity contribution in [3.63, 3.8) is 0 Å². The second-order valence-electron chi connectivity index (χ2n) is 5.44. The van der Waals surface area contributed by atoms with Crippen LogP contribution < -0.4 is 25.9 Å². The summed E-state index contributed by atoms with van der Waals surface area (Å²) in [6, 6.07) is 9.77. The first-order chi connectivity index (χ1) is 12.1. The lowest BCUT2D eigenvalue weighted by molar-refractivity contribution is 0.174.